The number of amides is 1. The summed E-state index contributed by atoms with van der Waals surface area (Å²) in [6.45, 7) is 5.28. The van der Waals surface area contributed by atoms with Crippen LogP contribution in [0.3, 0.4) is 0 Å². The Kier molecular flexibility index (Phi) is 5.42. The van der Waals surface area contributed by atoms with E-state index in [1.54, 1.807) is 20.8 Å². The van der Waals surface area contributed by atoms with E-state index in [0.29, 0.717) is 11.4 Å². The molecule has 0 aliphatic carbocycles. The van der Waals surface area contributed by atoms with Crippen molar-refractivity contribution >= 4 is 21.6 Å². The van der Waals surface area contributed by atoms with Crippen molar-refractivity contribution in [3.63, 3.8) is 0 Å². The smallest absolute Gasteiger partial charge is 0.412 e. The van der Waals surface area contributed by atoms with Gasteiger partial charge in [0.05, 0.1) is 17.6 Å². The fraction of sp³-hybridized carbons (Fsp3) is 0.353. The number of nitrogens with one attached hydrogen (secondary N) is 1. The number of rotatable bonds is 4. The molecule has 0 bridgehead atoms. The molecule has 0 spiro atoms. The standard InChI is InChI=1S/C17H21N3O4S/c1-17(2,3)24-16(21)19-13-10-18-14(11-25(4,22)23)20-15(13)12-8-6-5-7-9-12/h5-10H,11H2,1-4H3,(H,19,21). The first kappa shape index (κ1) is 18.9. The van der Waals surface area contributed by atoms with Crippen LogP contribution in [0.5, 0.6) is 0 Å². The van der Waals surface area contributed by atoms with Crippen LogP contribution in [0, 0.1) is 0 Å². The quantitative estimate of drug-likeness (QED) is 0.896. The molecule has 25 heavy (non-hydrogen) atoms. The van der Waals surface area contributed by atoms with Gasteiger partial charge in [0.15, 0.2) is 9.84 Å². The SMILES string of the molecule is CC(C)(C)OC(=O)Nc1cnc(CS(C)(=O)=O)nc1-c1ccccc1. The average molecular weight is 363 g/mol. The van der Waals surface area contributed by atoms with E-state index < -0.39 is 21.5 Å². The summed E-state index contributed by atoms with van der Waals surface area (Å²) >= 11 is 0. The lowest BCUT2D eigenvalue weighted by atomic mass is 10.1. The molecule has 2 aromatic rings. The molecule has 1 aromatic heterocycles. The first-order chi connectivity index (χ1) is 11.5. The Morgan fingerprint density at radius 2 is 1.84 bits per heavy atom. The van der Waals surface area contributed by atoms with Crippen LogP contribution >= 0.6 is 0 Å². The maximum absolute atomic E-state index is 12.0. The molecule has 7 nitrogen and oxygen atoms in total. The molecule has 8 heteroatoms. The van der Waals surface area contributed by atoms with Crippen molar-refractivity contribution in [2.24, 2.45) is 0 Å². The molecule has 0 aliphatic heterocycles. The maximum atomic E-state index is 12.0. The van der Waals surface area contributed by atoms with Gasteiger partial charge in [-0.1, -0.05) is 30.3 Å². The van der Waals surface area contributed by atoms with Crippen molar-refractivity contribution in [3.8, 4) is 11.3 Å². The van der Waals surface area contributed by atoms with Crippen molar-refractivity contribution in [2.75, 3.05) is 11.6 Å². The minimum atomic E-state index is -3.27. The third-order valence-corrected chi connectivity index (χ3v) is 3.70. The van der Waals surface area contributed by atoms with E-state index >= 15 is 0 Å². The van der Waals surface area contributed by atoms with Gasteiger partial charge in [0.25, 0.3) is 0 Å². The van der Waals surface area contributed by atoms with E-state index in [1.165, 1.54) is 6.20 Å². The van der Waals surface area contributed by atoms with Gasteiger partial charge in [-0.3, -0.25) is 5.32 Å². The fourth-order valence-corrected chi connectivity index (χ4v) is 2.65. The first-order valence-corrected chi connectivity index (χ1v) is 9.69. The summed E-state index contributed by atoms with van der Waals surface area (Å²) < 4.78 is 28.2. The minimum absolute atomic E-state index is 0.163. The van der Waals surface area contributed by atoms with E-state index in [4.69, 9.17) is 4.74 Å². The van der Waals surface area contributed by atoms with Crippen LogP contribution in [0.1, 0.15) is 26.6 Å². The molecule has 0 saturated heterocycles. The van der Waals surface area contributed by atoms with E-state index in [-0.39, 0.29) is 11.6 Å². The second kappa shape index (κ2) is 7.18. The highest BCUT2D eigenvalue weighted by atomic mass is 32.2. The highest BCUT2D eigenvalue weighted by Gasteiger charge is 2.19. The second-order valence-corrected chi connectivity index (χ2v) is 8.75. The molecule has 134 valence electrons. The molecule has 0 atom stereocenters. The highest BCUT2D eigenvalue weighted by molar-refractivity contribution is 7.89. The predicted molar refractivity (Wildman–Crippen MR) is 95.9 cm³/mol. The largest absolute Gasteiger partial charge is 0.444 e. The lowest BCUT2D eigenvalue weighted by molar-refractivity contribution is 0.0636. The van der Waals surface area contributed by atoms with Crippen LogP contribution in [0.2, 0.25) is 0 Å². The van der Waals surface area contributed by atoms with Crippen LogP contribution in [-0.4, -0.2) is 36.3 Å². The summed E-state index contributed by atoms with van der Waals surface area (Å²) in [5.41, 5.74) is 0.858. The zero-order valence-electron chi connectivity index (χ0n) is 14.6. The molecule has 1 amide bonds. The number of hydrogen-bond donors (Lipinski definition) is 1. The second-order valence-electron chi connectivity index (χ2n) is 6.61. The molecule has 1 N–H and O–H groups in total. The molecule has 0 saturated carbocycles. The molecule has 0 unspecified atom stereocenters. The van der Waals surface area contributed by atoms with Gasteiger partial charge in [0.1, 0.15) is 17.2 Å². The monoisotopic (exact) mass is 363 g/mol. The van der Waals surface area contributed by atoms with Crippen LogP contribution < -0.4 is 5.32 Å². The summed E-state index contributed by atoms with van der Waals surface area (Å²) in [4.78, 5) is 20.4. The Labute approximate surface area is 147 Å². The molecule has 2 rings (SSSR count). The minimum Gasteiger partial charge on any atom is -0.444 e. The van der Waals surface area contributed by atoms with Gasteiger partial charge in [-0.2, -0.15) is 0 Å². The number of ether oxygens (including phenoxy) is 1. The van der Waals surface area contributed by atoms with Gasteiger partial charge >= 0.3 is 6.09 Å². The van der Waals surface area contributed by atoms with Crippen LogP contribution in [0.4, 0.5) is 10.5 Å². The lowest BCUT2D eigenvalue weighted by Crippen LogP contribution is -2.27. The van der Waals surface area contributed by atoms with Crippen molar-refractivity contribution in [2.45, 2.75) is 32.1 Å². The van der Waals surface area contributed by atoms with E-state index in [2.05, 4.69) is 15.3 Å². The van der Waals surface area contributed by atoms with Gasteiger partial charge in [0.2, 0.25) is 0 Å². The number of nitrogens with zero attached hydrogens (tertiary/aromatic N) is 2. The Morgan fingerprint density at radius 3 is 2.40 bits per heavy atom. The lowest BCUT2D eigenvalue weighted by Gasteiger charge is -2.20. The Balaban J connectivity index is 2.40. The topological polar surface area (TPSA) is 98.2 Å². The molecule has 0 fully saturated rings. The van der Waals surface area contributed by atoms with Crippen LogP contribution in [0.25, 0.3) is 11.3 Å². The third-order valence-electron chi connectivity index (χ3n) is 2.91. The van der Waals surface area contributed by atoms with Gasteiger partial charge < -0.3 is 4.74 Å². The Morgan fingerprint density at radius 1 is 1.20 bits per heavy atom. The average Bonchev–Trinajstić information content (AvgIpc) is 2.46. The van der Waals surface area contributed by atoms with Crippen molar-refractivity contribution < 1.29 is 17.9 Å². The van der Waals surface area contributed by atoms with Crippen LogP contribution in [-0.2, 0) is 20.3 Å². The van der Waals surface area contributed by atoms with Gasteiger partial charge in [0, 0.05) is 11.8 Å². The Bertz CT molecular complexity index is 859. The number of benzene rings is 1. The zero-order valence-corrected chi connectivity index (χ0v) is 15.4. The fourth-order valence-electron chi connectivity index (χ4n) is 2.04. The van der Waals surface area contributed by atoms with Crippen LogP contribution in [0.15, 0.2) is 36.5 Å². The number of sulfone groups is 1. The number of carbonyl (C=O) groups is 1. The van der Waals surface area contributed by atoms with E-state index in [1.807, 2.05) is 30.3 Å². The number of carbonyl (C=O) groups excluding carboxylic acids is 1. The zero-order chi connectivity index (χ0) is 18.7. The van der Waals surface area contributed by atoms with E-state index in [9.17, 15) is 13.2 Å². The number of aromatic nitrogens is 2. The predicted octanol–water partition coefficient (Wildman–Crippen LogP) is 3.04. The van der Waals surface area contributed by atoms with Crippen molar-refractivity contribution in [1.82, 2.24) is 9.97 Å². The summed E-state index contributed by atoms with van der Waals surface area (Å²) in [5.74, 6) is -0.115. The Hall–Kier alpha value is -2.48. The van der Waals surface area contributed by atoms with Crippen molar-refractivity contribution in [3.05, 3.63) is 42.4 Å². The maximum Gasteiger partial charge on any atom is 0.412 e. The molecular weight excluding hydrogens is 342 g/mol. The molecule has 0 radical (unpaired) electrons. The van der Waals surface area contributed by atoms with Gasteiger partial charge in [-0.25, -0.2) is 23.2 Å². The van der Waals surface area contributed by atoms with Gasteiger partial charge in [-0.15, -0.1) is 0 Å². The van der Waals surface area contributed by atoms with Gasteiger partial charge in [-0.05, 0) is 20.8 Å². The molecular formula is C17H21N3O4S. The third kappa shape index (κ3) is 6.15. The van der Waals surface area contributed by atoms with E-state index in [0.717, 1.165) is 11.8 Å². The first-order valence-electron chi connectivity index (χ1n) is 7.62. The molecule has 1 heterocycles. The summed E-state index contributed by atoms with van der Waals surface area (Å²) in [5, 5.41) is 2.62. The molecule has 0 aliphatic rings. The summed E-state index contributed by atoms with van der Waals surface area (Å²) in [7, 11) is -3.27. The molecule has 1 aromatic carbocycles. The van der Waals surface area contributed by atoms with Crippen molar-refractivity contribution in [1.29, 1.82) is 0 Å². The number of hydrogen-bond acceptors (Lipinski definition) is 6. The normalized spacial score (nSPS) is 11.8. The summed E-state index contributed by atoms with van der Waals surface area (Å²) in [6, 6.07) is 9.12. The number of anilines is 1. The summed E-state index contributed by atoms with van der Waals surface area (Å²) in [6.07, 6.45) is 1.87. The highest BCUT2D eigenvalue weighted by Crippen LogP contribution is 2.26.